The summed E-state index contributed by atoms with van der Waals surface area (Å²) in [6, 6.07) is 5.32. The predicted molar refractivity (Wildman–Crippen MR) is 83.0 cm³/mol. The quantitative estimate of drug-likeness (QED) is 0.505. The molecule has 0 aliphatic carbocycles. The molecule has 1 aromatic rings. The van der Waals surface area contributed by atoms with Crippen LogP contribution in [0, 0.1) is 12.3 Å². The van der Waals surface area contributed by atoms with Gasteiger partial charge >= 0.3 is 0 Å². The second-order valence-corrected chi connectivity index (χ2v) is 4.85. The number of carbonyl (C=O) groups is 1. The van der Waals surface area contributed by atoms with Crippen molar-refractivity contribution in [2.24, 2.45) is 10.2 Å². The van der Waals surface area contributed by atoms with Gasteiger partial charge in [-0.2, -0.15) is 5.10 Å². The molecule has 0 atom stereocenters. The molecule has 1 aromatic carbocycles. The van der Waals surface area contributed by atoms with E-state index in [0.717, 1.165) is 5.56 Å². The van der Waals surface area contributed by atoms with Crippen molar-refractivity contribution in [3.05, 3.63) is 23.8 Å². The second-order valence-electron chi connectivity index (χ2n) is 3.89. The van der Waals surface area contributed by atoms with Crippen LogP contribution in [0.5, 0.6) is 11.5 Å². The highest BCUT2D eigenvalue weighted by molar-refractivity contribution is 8.15. The zero-order chi connectivity index (χ0) is 15.1. The lowest BCUT2D eigenvalue weighted by Crippen LogP contribution is -2.19. The van der Waals surface area contributed by atoms with Gasteiger partial charge in [-0.25, -0.2) is 0 Å². The van der Waals surface area contributed by atoms with Gasteiger partial charge in [0.15, 0.2) is 16.7 Å². The fourth-order valence-electron chi connectivity index (χ4n) is 1.53. The number of terminal acetylenes is 1. The van der Waals surface area contributed by atoms with E-state index in [-0.39, 0.29) is 12.5 Å². The first-order valence-corrected chi connectivity index (χ1v) is 6.99. The summed E-state index contributed by atoms with van der Waals surface area (Å²) in [6.45, 7) is 0.155. The molecular weight excluding hydrogens is 290 g/mol. The summed E-state index contributed by atoms with van der Waals surface area (Å²) < 4.78 is 10.6. The molecule has 21 heavy (non-hydrogen) atoms. The zero-order valence-corrected chi connectivity index (χ0v) is 12.1. The van der Waals surface area contributed by atoms with Gasteiger partial charge in [-0.3, -0.25) is 4.79 Å². The third kappa shape index (κ3) is 4.26. The Hall–Kier alpha value is -2.46. The van der Waals surface area contributed by atoms with Crippen LogP contribution in [0.25, 0.3) is 0 Å². The molecule has 7 heteroatoms. The fraction of sp³-hybridized carbons (Fsp3) is 0.214. The molecule has 1 amide bonds. The van der Waals surface area contributed by atoms with E-state index in [9.17, 15) is 4.79 Å². The lowest BCUT2D eigenvalue weighted by molar-refractivity contribution is -0.116. The Bertz CT molecular complexity index is 635. The summed E-state index contributed by atoms with van der Waals surface area (Å²) in [5, 5.41) is 10.9. The van der Waals surface area contributed by atoms with Gasteiger partial charge in [0.25, 0.3) is 0 Å². The van der Waals surface area contributed by atoms with Crippen molar-refractivity contribution in [2.45, 2.75) is 0 Å². The van der Waals surface area contributed by atoms with Crippen LogP contribution in [0.4, 0.5) is 0 Å². The molecule has 108 valence electrons. The topological polar surface area (TPSA) is 72.3 Å². The van der Waals surface area contributed by atoms with Crippen molar-refractivity contribution in [3.8, 4) is 23.8 Å². The Kier molecular flexibility index (Phi) is 5.23. The van der Waals surface area contributed by atoms with E-state index in [4.69, 9.17) is 15.9 Å². The highest BCUT2D eigenvalue weighted by atomic mass is 32.2. The molecule has 0 unspecified atom stereocenters. The number of benzene rings is 1. The van der Waals surface area contributed by atoms with Crippen LogP contribution < -0.4 is 14.8 Å². The van der Waals surface area contributed by atoms with Crippen molar-refractivity contribution < 1.29 is 14.3 Å². The number of nitrogens with one attached hydrogen (secondary N) is 1. The van der Waals surface area contributed by atoms with E-state index < -0.39 is 0 Å². The summed E-state index contributed by atoms with van der Waals surface area (Å²) in [4.78, 5) is 11.0. The number of hydrogen-bond donors (Lipinski definition) is 1. The standard InChI is InChI=1S/C14H13N3O3S/c1-3-6-20-12-7-10(4-5-11(12)19-2)8-15-17-14-16-13(18)9-21-14/h1,4-5,7-8H,6,9H2,2H3,(H,16,17,18). The van der Waals surface area contributed by atoms with E-state index in [1.165, 1.54) is 11.8 Å². The summed E-state index contributed by atoms with van der Waals surface area (Å²) in [5.41, 5.74) is 0.779. The highest BCUT2D eigenvalue weighted by Gasteiger charge is 2.15. The molecule has 0 spiro atoms. The SMILES string of the molecule is C#CCOc1cc(C=NN=C2NC(=O)CS2)ccc1OC. The van der Waals surface area contributed by atoms with Gasteiger partial charge in [0.05, 0.1) is 19.1 Å². The molecule has 2 rings (SSSR count). The van der Waals surface area contributed by atoms with Gasteiger partial charge in [-0.15, -0.1) is 11.5 Å². The minimum atomic E-state index is -0.0663. The summed E-state index contributed by atoms with van der Waals surface area (Å²) in [7, 11) is 1.55. The van der Waals surface area contributed by atoms with E-state index >= 15 is 0 Å². The first kappa shape index (κ1) is 14.9. The molecule has 0 radical (unpaired) electrons. The number of thioether (sulfide) groups is 1. The number of nitrogens with zero attached hydrogens (tertiary/aromatic N) is 2. The number of carbonyl (C=O) groups excluding carboxylic acids is 1. The Morgan fingerprint density at radius 1 is 1.52 bits per heavy atom. The average Bonchev–Trinajstić information content (AvgIpc) is 2.91. The Labute approximate surface area is 126 Å². The van der Waals surface area contributed by atoms with E-state index in [1.807, 2.05) is 6.07 Å². The first-order valence-electron chi connectivity index (χ1n) is 6.01. The zero-order valence-electron chi connectivity index (χ0n) is 11.3. The fourth-order valence-corrected chi connectivity index (χ4v) is 2.16. The van der Waals surface area contributed by atoms with Gasteiger partial charge < -0.3 is 14.8 Å². The van der Waals surface area contributed by atoms with Crippen LogP contribution in [0.15, 0.2) is 28.4 Å². The van der Waals surface area contributed by atoms with Crippen LogP contribution in [0.3, 0.4) is 0 Å². The normalized spacial score (nSPS) is 16.0. The van der Waals surface area contributed by atoms with Crippen molar-refractivity contribution >= 4 is 29.1 Å². The molecule has 1 saturated heterocycles. The van der Waals surface area contributed by atoms with Crippen LogP contribution >= 0.6 is 11.8 Å². The molecule has 1 heterocycles. The number of amidine groups is 1. The van der Waals surface area contributed by atoms with Crippen LogP contribution in [-0.2, 0) is 4.79 Å². The monoisotopic (exact) mass is 303 g/mol. The van der Waals surface area contributed by atoms with Gasteiger partial charge in [0, 0.05) is 0 Å². The van der Waals surface area contributed by atoms with E-state index in [1.54, 1.807) is 25.5 Å². The molecule has 1 aliphatic heterocycles. The number of methoxy groups -OCH3 is 1. The van der Waals surface area contributed by atoms with E-state index in [0.29, 0.717) is 22.4 Å². The highest BCUT2D eigenvalue weighted by Crippen LogP contribution is 2.27. The van der Waals surface area contributed by atoms with Crippen LogP contribution in [0.1, 0.15) is 5.56 Å². The third-order valence-corrected chi connectivity index (χ3v) is 3.30. The van der Waals surface area contributed by atoms with E-state index in [2.05, 4.69) is 21.4 Å². The average molecular weight is 303 g/mol. The lowest BCUT2D eigenvalue weighted by atomic mass is 10.2. The Morgan fingerprint density at radius 2 is 2.38 bits per heavy atom. The van der Waals surface area contributed by atoms with Crippen molar-refractivity contribution in [1.29, 1.82) is 0 Å². The molecule has 0 saturated carbocycles. The maximum absolute atomic E-state index is 11.0. The number of amides is 1. The summed E-state index contributed by atoms with van der Waals surface area (Å²) in [6.07, 6.45) is 6.73. The molecule has 1 fully saturated rings. The van der Waals surface area contributed by atoms with Crippen molar-refractivity contribution in [1.82, 2.24) is 5.32 Å². The molecule has 6 nitrogen and oxygen atoms in total. The van der Waals surface area contributed by atoms with Crippen molar-refractivity contribution in [3.63, 3.8) is 0 Å². The minimum absolute atomic E-state index is 0.0663. The maximum atomic E-state index is 11.0. The predicted octanol–water partition coefficient (Wildman–Crippen LogP) is 1.26. The molecular formula is C14H13N3O3S. The second kappa shape index (κ2) is 7.36. The largest absolute Gasteiger partial charge is 0.493 e. The third-order valence-electron chi connectivity index (χ3n) is 2.44. The van der Waals surface area contributed by atoms with Crippen molar-refractivity contribution in [2.75, 3.05) is 19.5 Å². The summed E-state index contributed by atoms with van der Waals surface area (Å²) in [5.74, 6) is 3.83. The Balaban J connectivity index is 2.09. The molecule has 1 N–H and O–H groups in total. The van der Waals surface area contributed by atoms with Crippen LogP contribution in [0.2, 0.25) is 0 Å². The van der Waals surface area contributed by atoms with Gasteiger partial charge in [0.1, 0.15) is 6.61 Å². The molecule has 0 aromatic heterocycles. The van der Waals surface area contributed by atoms with Gasteiger partial charge in [0.2, 0.25) is 5.91 Å². The number of rotatable bonds is 5. The van der Waals surface area contributed by atoms with Gasteiger partial charge in [-0.05, 0) is 23.8 Å². The minimum Gasteiger partial charge on any atom is -0.493 e. The Morgan fingerprint density at radius 3 is 3.05 bits per heavy atom. The van der Waals surface area contributed by atoms with Gasteiger partial charge in [-0.1, -0.05) is 17.7 Å². The lowest BCUT2D eigenvalue weighted by Gasteiger charge is -2.08. The first-order chi connectivity index (χ1) is 10.2. The molecule has 0 bridgehead atoms. The maximum Gasteiger partial charge on any atom is 0.236 e. The smallest absolute Gasteiger partial charge is 0.236 e. The number of hydrogen-bond acceptors (Lipinski definition) is 6. The summed E-state index contributed by atoms with van der Waals surface area (Å²) >= 11 is 1.31. The molecule has 1 aliphatic rings. The van der Waals surface area contributed by atoms with Crippen LogP contribution in [-0.4, -0.2) is 36.8 Å². The number of ether oxygens (including phenoxy) is 2.